The van der Waals surface area contributed by atoms with Gasteiger partial charge in [0.05, 0.1) is 29.1 Å². The summed E-state index contributed by atoms with van der Waals surface area (Å²) in [6.45, 7) is 12.5. The zero-order chi connectivity index (χ0) is 15.0. The standard InChI is InChI=1S/C8H12B3NO2.2C2H6/c1-6(13)12-4-3-7(2,5-12)14-8(9,10)11;2*1-2/h3-5H2,1-2H3;2*1-2H3. The van der Waals surface area contributed by atoms with E-state index in [0.717, 1.165) is 0 Å². The number of carbonyl (C=O) groups is 1. The first-order valence-electron chi connectivity index (χ1n) is 6.54. The normalized spacial score (nSPS) is 22.4. The van der Waals surface area contributed by atoms with Gasteiger partial charge < -0.3 is 9.64 Å². The first kappa shape index (κ1) is 20.0. The summed E-state index contributed by atoms with van der Waals surface area (Å²) in [5.74, 6) is 0.0222. The van der Waals surface area contributed by atoms with Gasteiger partial charge in [0.15, 0.2) is 0 Å². The van der Waals surface area contributed by atoms with Crippen molar-refractivity contribution in [3.63, 3.8) is 0 Å². The molecular formula is C12H24B3NO2. The van der Waals surface area contributed by atoms with Gasteiger partial charge in [0.2, 0.25) is 5.91 Å². The highest BCUT2D eigenvalue weighted by molar-refractivity contribution is 6.58. The second kappa shape index (κ2) is 8.68. The van der Waals surface area contributed by atoms with Crippen LogP contribution in [0.4, 0.5) is 0 Å². The van der Waals surface area contributed by atoms with Gasteiger partial charge in [-0.25, -0.2) is 0 Å². The Morgan fingerprint density at radius 3 is 1.94 bits per heavy atom. The van der Waals surface area contributed by atoms with Gasteiger partial charge in [-0.2, -0.15) is 0 Å². The van der Waals surface area contributed by atoms with Crippen LogP contribution < -0.4 is 0 Å². The molecule has 18 heavy (non-hydrogen) atoms. The lowest BCUT2D eigenvalue weighted by molar-refractivity contribution is -0.129. The van der Waals surface area contributed by atoms with Crippen molar-refractivity contribution < 1.29 is 9.53 Å². The summed E-state index contributed by atoms with van der Waals surface area (Å²) in [6, 6.07) is 0. The Bertz CT molecular complexity index is 244. The third kappa shape index (κ3) is 7.86. The topological polar surface area (TPSA) is 29.5 Å². The highest BCUT2D eigenvalue weighted by Gasteiger charge is 2.38. The Morgan fingerprint density at radius 1 is 1.22 bits per heavy atom. The zero-order valence-electron chi connectivity index (χ0n) is 12.6. The number of likely N-dealkylation sites (tertiary alicyclic amines) is 1. The summed E-state index contributed by atoms with van der Waals surface area (Å²) in [4.78, 5) is 12.8. The molecule has 0 saturated carbocycles. The smallest absolute Gasteiger partial charge is 0.219 e. The van der Waals surface area contributed by atoms with Crippen molar-refractivity contribution in [2.45, 2.75) is 58.9 Å². The van der Waals surface area contributed by atoms with E-state index in [0.29, 0.717) is 19.5 Å². The molecule has 6 heteroatoms. The average Bonchev–Trinajstić information content (AvgIpc) is 2.64. The van der Waals surface area contributed by atoms with Gasteiger partial charge in [0, 0.05) is 20.0 Å². The molecule has 0 aliphatic carbocycles. The Kier molecular flexibility index (Phi) is 9.62. The second-order valence-electron chi connectivity index (χ2n) is 4.10. The Morgan fingerprint density at radius 2 is 1.67 bits per heavy atom. The lowest BCUT2D eigenvalue weighted by atomic mass is 9.52. The number of amides is 1. The van der Waals surface area contributed by atoms with E-state index in [9.17, 15) is 4.79 Å². The molecule has 1 aliphatic rings. The molecule has 3 nitrogen and oxygen atoms in total. The first-order chi connectivity index (χ1) is 8.22. The molecular weight excluding hydrogens is 223 g/mol. The lowest BCUT2D eigenvalue weighted by Crippen LogP contribution is -2.46. The maximum atomic E-state index is 11.1. The molecule has 0 aromatic heterocycles. The monoisotopic (exact) mass is 247 g/mol. The van der Waals surface area contributed by atoms with E-state index in [4.69, 9.17) is 28.3 Å². The molecule has 1 saturated heterocycles. The lowest BCUT2D eigenvalue weighted by Gasteiger charge is -2.34. The summed E-state index contributed by atoms with van der Waals surface area (Å²) in [6.07, 6.45) is 0.694. The fraction of sp³-hybridized carbons (Fsp3) is 0.917. The molecule has 0 aromatic carbocycles. The first-order valence-corrected chi connectivity index (χ1v) is 6.54. The maximum Gasteiger partial charge on any atom is 0.219 e. The van der Waals surface area contributed by atoms with Crippen molar-refractivity contribution in [3.8, 4) is 0 Å². The van der Waals surface area contributed by atoms with Crippen LogP contribution in [0.1, 0.15) is 48.0 Å². The minimum absolute atomic E-state index is 0.0222. The predicted octanol–water partition coefficient (Wildman–Crippen LogP) is 1.18. The van der Waals surface area contributed by atoms with Crippen LogP contribution in [0, 0.1) is 0 Å². The van der Waals surface area contributed by atoms with Gasteiger partial charge in [0.1, 0.15) is 0 Å². The Labute approximate surface area is 116 Å². The van der Waals surface area contributed by atoms with Crippen molar-refractivity contribution in [3.05, 3.63) is 0 Å². The molecule has 0 N–H and O–H groups in total. The zero-order valence-corrected chi connectivity index (χ0v) is 12.6. The molecule has 0 spiro atoms. The van der Waals surface area contributed by atoms with E-state index in [1.165, 1.54) is 6.92 Å². The van der Waals surface area contributed by atoms with E-state index in [1.54, 1.807) is 4.90 Å². The van der Waals surface area contributed by atoms with Crippen LogP contribution in [0.5, 0.6) is 0 Å². The second-order valence-corrected chi connectivity index (χ2v) is 4.10. The quantitative estimate of drug-likeness (QED) is 0.685. The molecule has 6 radical (unpaired) electrons. The molecule has 1 unspecified atom stereocenters. The van der Waals surface area contributed by atoms with Crippen LogP contribution in [-0.2, 0) is 9.53 Å². The van der Waals surface area contributed by atoms with E-state index >= 15 is 0 Å². The summed E-state index contributed by atoms with van der Waals surface area (Å²) < 4.78 is 5.31. The van der Waals surface area contributed by atoms with E-state index in [1.807, 2.05) is 34.6 Å². The van der Waals surface area contributed by atoms with Crippen molar-refractivity contribution >= 4 is 29.4 Å². The van der Waals surface area contributed by atoms with Crippen molar-refractivity contribution in [1.82, 2.24) is 4.90 Å². The number of rotatable bonds is 2. The summed E-state index contributed by atoms with van der Waals surface area (Å²) >= 11 is 0. The van der Waals surface area contributed by atoms with Crippen LogP contribution in [0.3, 0.4) is 0 Å². The van der Waals surface area contributed by atoms with Gasteiger partial charge >= 0.3 is 0 Å². The minimum Gasteiger partial charge on any atom is -0.395 e. The number of nitrogens with zero attached hydrogens (tertiary/aromatic N) is 1. The largest absolute Gasteiger partial charge is 0.395 e. The number of carbonyl (C=O) groups excluding carboxylic acids is 1. The third-order valence-corrected chi connectivity index (χ3v) is 2.30. The van der Waals surface area contributed by atoms with Gasteiger partial charge in [-0.3, -0.25) is 4.79 Å². The highest BCUT2D eigenvalue weighted by atomic mass is 16.5. The molecule has 1 heterocycles. The molecule has 1 amide bonds. The Balaban J connectivity index is 0. The van der Waals surface area contributed by atoms with E-state index in [-0.39, 0.29) is 5.91 Å². The van der Waals surface area contributed by atoms with Crippen LogP contribution >= 0.6 is 0 Å². The van der Waals surface area contributed by atoms with Crippen molar-refractivity contribution in [2.24, 2.45) is 0 Å². The molecule has 0 aromatic rings. The average molecular weight is 247 g/mol. The van der Waals surface area contributed by atoms with Gasteiger partial charge in [-0.05, 0) is 18.6 Å². The predicted molar refractivity (Wildman–Crippen MR) is 79.1 cm³/mol. The summed E-state index contributed by atoms with van der Waals surface area (Å²) in [7, 11) is 16.1. The van der Waals surface area contributed by atoms with Gasteiger partial charge in [0.25, 0.3) is 0 Å². The fourth-order valence-corrected chi connectivity index (χ4v) is 1.71. The third-order valence-electron chi connectivity index (χ3n) is 2.30. The molecule has 1 aliphatic heterocycles. The molecule has 1 atom stereocenters. The van der Waals surface area contributed by atoms with Gasteiger partial charge in [-0.1, -0.05) is 27.7 Å². The molecule has 98 valence electrons. The van der Waals surface area contributed by atoms with E-state index < -0.39 is 10.9 Å². The minimum atomic E-state index is -1.64. The van der Waals surface area contributed by atoms with Crippen molar-refractivity contribution in [1.29, 1.82) is 0 Å². The molecule has 0 bridgehead atoms. The van der Waals surface area contributed by atoms with E-state index in [2.05, 4.69) is 0 Å². The molecule has 1 rings (SSSR count). The fourth-order valence-electron chi connectivity index (χ4n) is 1.71. The number of ether oxygens (including phenoxy) is 1. The highest BCUT2D eigenvalue weighted by Crippen LogP contribution is 2.27. The maximum absolute atomic E-state index is 11.1. The van der Waals surface area contributed by atoms with Crippen LogP contribution in [0.25, 0.3) is 0 Å². The van der Waals surface area contributed by atoms with Crippen LogP contribution in [-0.4, -0.2) is 58.3 Å². The van der Waals surface area contributed by atoms with Crippen LogP contribution in [0.15, 0.2) is 0 Å². The Hall–Kier alpha value is -0.375. The van der Waals surface area contributed by atoms with Crippen LogP contribution in [0.2, 0.25) is 0 Å². The van der Waals surface area contributed by atoms with Gasteiger partial charge in [-0.15, -0.1) is 0 Å². The number of hydrogen-bond donors (Lipinski definition) is 0. The summed E-state index contributed by atoms with van der Waals surface area (Å²) in [5.41, 5.74) is -0.538. The SMILES string of the molecule is CC.CC.[B]C([B])([B])OC1(C)CCN(C(C)=O)C1. The number of hydrogen-bond acceptors (Lipinski definition) is 2. The molecule has 1 fully saturated rings. The summed E-state index contributed by atoms with van der Waals surface area (Å²) in [5, 5.41) is -1.64. The van der Waals surface area contributed by atoms with Crippen molar-refractivity contribution in [2.75, 3.05) is 13.1 Å².